The van der Waals surface area contributed by atoms with Crippen molar-refractivity contribution < 1.29 is 8.42 Å². The van der Waals surface area contributed by atoms with Crippen LogP contribution in [0.2, 0.25) is 0 Å². The fourth-order valence-corrected chi connectivity index (χ4v) is 2.17. The average molecular weight is 250 g/mol. The van der Waals surface area contributed by atoms with E-state index in [2.05, 4.69) is 24.1 Å². The van der Waals surface area contributed by atoms with Gasteiger partial charge >= 0.3 is 0 Å². The summed E-state index contributed by atoms with van der Waals surface area (Å²) in [4.78, 5) is 2.13. The number of sulfone groups is 1. The van der Waals surface area contributed by atoms with Gasteiger partial charge in [-0.05, 0) is 26.4 Å². The van der Waals surface area contributed by atoms with Crippen molar-refractivity contribution >= 4 is 9.84 Å². The molecule has 4 nitrogen and oxygen atoms in total. The minimum atomic E-state index is -2.85. The van der Waals surface area contributed by atoms with E-state index in [1.54, 1.807) is 0 Å². The second-order valence-corrected chi connectivity index (χ2v) is 6.64. The summed E-state index contributed by atoms with van der Waals surface area (Å²) < 4.78 is 22.1. The van der Waals surface area contributed by atoms with Crippen LogP contribution in [0, 0.1) is 0 Å². The molecule has 0 radical (unpaired) electrons. The molecule has 0 aromatic heterocycles. The van der Waals surface area contributed by atoms with Crippen LogP contribution in [0.1, 0.15) is 26.7 Å². The van der Waals surface area contributed by atoms with Crippen LogP contribution >= 0.6 is 0 Å². The summed E-state index contributed by atoms with van der Waals surface area (Å²) in [6.07, 6.45) is 3.46. The predicted molar refractivity (Wildman–Crippen MR) is 69.6 cm³/mol. The molecule has 0 aliphatic heterocycles. The summed E-state index contributed by atoms with van der Waals surface area (Å²) in [6.45, 7) is 6.85. The Bertz CT molecular complexity index is 265. The maximum Gasteiger partial charge on any atom is 0.148 e. The van der Waals surface area contributed by atoms with Crippen LogP contribution in [-0.2, 0) is 9.84 Å². The van der Waals surface area contributed by atoms with Crippen molar-refractivity contribution in [1.29, 1.82) is 0 Å². The summed E-state index contributed by atoms with van der Waals surface area (Å²) >= 11 is 0. The highest BCUT2D eigenvalue weighted by Crippen LogP contribution is 2.01. The van der Waals surface area contributed by atoms with Crippen molar-refractivity contribution in [2.75, 3.05) is 38.7 Å². The molecule has 0 amide bonds. The highest BCUT2D eigenvalue weighted by molar-refractivity contribution is 7.90. The maximum atomic E-state index is 11.1. The van der Waals surface area contributed by atoms with E-state index in [9.17, 15) is 8.42 Å². The van der Waals surface area contributed by atoms with Gasteiger partial charge in [-0.3, -0.25) is 0 Å². The van der Waals surface area contributed by atoms with Crippen molar-refractivity contribution in [2.45, 2.75) is 32.7 Å². The van der Waals surface area contributed by atoms with Crippen LogP contribution in [0.25, 0.3) is 0 Å². The number of likely N-dealkylation sites (N-methyl/N-ethyl adjacent to an activating group) is 1. The molecule has 0 aliphatic carbocycles. The van der Waals surface area contributed by atoms with Crippen LogP contribution in [0.3, 0.4) is 0 Å². The number of hydrogen-bond acceptors (Lipinski definition) is 4. The Kier molecular flexibility index (Phi) is 7.97. The third kappa shape index (κ3) is 8.07. The van der Waals surface area contributed by atoms with Crippen LogP contribution in [-0.4, -0.2) is 58.1 Å². The zero-order chi connectivity index (χ0) is 12.6. The van der Waals surface area contributed by atoms with Gasteiger partial charge in [-0.1, -0.05) is 13.8 Å². The summed E-state index contributed by atoms with van der Waals surface area (Å²) in [5.41, 5.74) is 0. The second kappa shape index (κ2) is 8.03. The van der Waals surface area contributed by atoms with Crippen LogP contribution in [0.15, 0.2) is 0 Å². The SMILES string of the molecule is CCCNCC(CC)N(C)CCS(C)(=O)=O. The first kappa shape index (κ1) is 15.9. The Morgan fingerprint density at radius 1 is 1.31 bits per heavy atom. The van der Waals surface area contributed by atoms with E-state index in [1.165, 1.54) is 6.26 Å². The number of nitrogens with zero attached hydrogens (tertiary/aromatic N) is 1. The monoisotopic (exact) mass is 250 g/mol. The Balaban J connectivity index is 3.95. The molecule has 0 aromatic carbocycles. The number of nitrogens with one attached hydrogen (secondary N) is 1. The topological polar surface area (TPSA) is 49.4 Å². The highest BCUT2D eigenvalue weighted by Gasteiger charge is 2.13. The van der Waals surface area contributed by atoms with Gasteiger partial charge in [0, 0.05) is 25.4 Å². The lowest BCUT2D eigenvalue weighted by molar-refractivity contribution is 0.241. The van der Waals surface area contributed by atoms with E-state index in [0.29, 0.717) is 12.6 Å². The number of hydrogen-bond donors (Lipinski definition) is 1. The van der Waals surface area contributed by atoms with Crippen molar-refractivity contribution in [1.82, 2.24) is 10.2 Å². The lowest BCUT2D eigenvalue weighted by atomic mass is 10.2. The van der Waals surface area contributed by atoms with Gasteiger partial charge in [-0.25, -0.2) is 8.42 Å². The van der Waals surface area contributed by atoms with Crippen molar-refractivity contribution in [2.24, 2.45) is 0 Å². The Morgan fingerprint density at radius 3 is 2.38 bits per heavy atom. The smallest absolute Gasteiger partial charge is 0.148 e. The van der Waals surface area contributed by atoms with Crippen LogP contribution in [0.5, 0.6) is 0 Å². The molecule has 0 aromatic rings. The van der Waals surface area contributed by atoms with E-state index in [1.807, 2.05) is 7.05 Å². The Hall–Kier alpha value is -0.130. The van der Waals surface area contributed by atoms with Gasteiger partial charge in [-0.15, -0.1) is 0 Å². The molecule has 1 atom stereocenters. The molecular weight excluding hydrogens is 224 g/mol. The Morgan fingerprint density at radius 2 is 1.94 bits per heavy atom. The van der Waals surface area contributed by atoms with Gasteiger partial charge in [0.15, 0.2) is 0 Å². The van der Waals surface area contributed by atoms with Gasteiger partial charge in [0.2, 0.25) is 0 Å². The van der Waals surface area contributed by atoms with Gasteiger partial charge in [0.05, 0.1) is 5.75 Å². The van der Waals surface area contributed by atoms with Crippen molar-refractivity contribution in [3.05, 3.63) is 0 Å². The minimum Gasteiger partial charge on any atom is -0.315 e. The average Bonchev–Trinajstić information content (AvgIpc) is 2.20. The third-order valence-electron chi connectivity index (χ3n) is 2.72. The molecule has 1 unspecified atom stereocenters. The second-order valence-electron chi connectivity index (χ2n) is 4.38. The van der Waals surface area contributed by atoms with E-state index < -0.39 is 9.84 Å². The largest absolute Gasteiger partial charge is 0.315 e. The van der Waals surface area contributed by atoms with Crippen molar-refractivity contribution in [3.8, 4) is 0 Å². The first-order valence-corrected chi connectivity index (χ1v) is 8.05. The molecule has 98 valence electrons. The quantitative estimate of drug-likeness (QED) is 0.613. The van der Waals surface area contributed by atoms with Crippen LogP contribution < -0.4 is 5.32 Å². The summed E-state index contributed by atoms with van der Waals surface area (Å²) in [6, 6.07) is 0.424. The fraction of sp³-hybridized carbons (Fsp3) is 1.00. The summed E-state index contributed by atoms with van der Waals surface area (Å²) in [7, 11) is -0.855. The standard InChI is InChI=1S/C11H26N2O2S/c1-5-7-12-10-11(6-2)13(3)8-9-16(4,14)15/h11-12H,5-10H2,1-4H3. The van der Waals surface area contributed by atoms with Gasteiger partial charge < -0.3 is 10.2 Å². The molecule has 1 N–H and O–H groups in total. The number of rotatable bonds is 9. The Labute approximate surface area is 100 Å². The molecular formula is C11H26N2O2S. The third-order valence-corrected chi connectivity index (χ3v) is 3.64. The molecule has 0 rings (SSSR count). The first-order chi connectivity index (χ1) is 7.40. The summed E-state index contributed by atoms with van der Waals surface area (Å²) in [5, 5.41) is 3.37. The van der Waals surface area contributed by atoms with Gasteiger partial charge in [-0.2, -0.15) is 0 Å². The molecule has 0 aliphatic rings. The van der Waals surface area contributed by atoms with Gasteiger partial charge in [0.25, 0.3) is 0 Å². The molecule has 0 spiro atoms. The molecule has 5 heteroatoms. The van der Waals surface area contributed by atoms with E-state index >= 15 is 0 Å². The zero-order valence-corrected chi connectivity index (χ0v) is 11.8. The molecule has 16 heavy (non-hydrogen) atoms. The molecule has 0 fully saturated rings. The predicted octanol–water partition coefficient (Wildman–Crippen LogP) is 0.741. The maximum absolute atomic E-state index is 11.1. The fourth-order valence-electron chi connectivity index (χ4n) is 1.55. The van der Waals surface area contributed by atoms with E-state index in [0.717, 1.165) is 25.9 Å². The zero-order valence-electron chi connectivity index (χ0n) is 11.0. The van der Waals surface area contributed by atoms with Crippen molar-refractivity contribution in [3.63, 3.8) is 0 Å². The first-order valence-electron chi connectivity index (χ1n) is 5.99. The lowest BCUT2D eigenvalue weighted by Crippen LogP contribution is -2.41. The lowest BCUT2D eigenvalue weighted by Gasteiger charge is -2.27. The summed E-state index contributed by atoms with van der Waals surface area (Å²) in [5.74, 6) is 0.244. The van der Waals surface area contributed by atoms with Gasteiger partial charge in [0.1, 0.15) is 9.84 Å². The normalized spacial score (nSPS) is 14.3. The van der Waals surface area contributed by atoms with E-state index in [4.69, 9.17) is 0 Å². The molecule has 0 saturated carbocycles. The molecule has 0 heterocycles. The van der Waals surface area contributed by atoms with Crippen LogP contribution in [0.4, 0.5) is 0 Å². The highest BCUT2D eigenvalue weighted by atomic mass is 32.2. The molecule has 0 saturated heterocycles. The minimum absolute atomic E-state index is 0.244. The molecule has 0 bridgehead atoms. The van der Waals surface area contributed by atoms with E-state index in [-0.39, 0.29) is 5.75 Å².